The summed E-state index contributed by atoms with van der Waals surface area (Å²) in [5.74, 6) is 0. The van der Waals surface area contributed by atoms with Crippen LogP contribution in [0.4, 0.5) is 0 Å². The van der Waals surface area contributed by atoms with Gasteiger partial charge in [-0.3, -0.25) is 0 Å². The fourth-order valence-electron chi connectivity index (χ4n) is 3.11. The molecule has 2 saturated carbocycles. The quantitative estimate of drug-likeness (QED) is 0.601. The third kappa shape index (κ3) is 1.79. The highest BCUT2D eigenvalue weighted by molar-refractivity contribution is 5.05. The van der Waals surface area contributed by atoms with Gasteiger partial charge in [-0.1, -0.05) is 19.3 Å². The molecule has 78 valence electrons. The minimum absolute atomic E-state index is 0.501. The van der Waals surface area contributed by atoms with Crippen LogP contribution in [0.1, 0.15) is 57.8 Å². The smallest absolute Gasteiger partial charge is 0.151 e. The summed E-state index contributed by atoms with van der Waals surface area (Å²) in [4.78, 5) is 0. The summed E-state index contributed by atoms with van der Waals surface area (Å²) in [5, 5.41) is 18.7. The Morgan fingerprint density at radius 3 is 1.93 bits per heavy atom. The maximum atomic E-state index is 9.83. The molecule has 1 spiro atoms. The van der Waals surface area contributed by atoms with E-state index in [9.17, 15) is 5.11 Å². The summed E-state index contributed by atoms with van der Waals surface area (Å²) in [6.07, 6.45) is 10.3. The lowest BCUT2D eigenvalue weighted by molar-refractivity contribution is -0.00505. The number of hydrogen-bond acceptors (Lipinski definition) is 2. The first kappa shape index (κ1) is 9.98. The van der Waals surface area contributed by atoms with Crippen molar-refractivity contribution in [1.82, 2.24) is 0 Å². The highest BCUT2D eigenvalue weighted by atomic mass is 16.3. The second-order valence-corrected chi connectivity index (χ2v) is 5.20. The summed E-state index contributed by atoms with van der Waals surface area (Å²) in [6, 6.07) is 2.06. The maximum absolute atomic E-state index is 9.83. The molecule has 2 heteroatoms. The van der Waals surface area contributed by atoms with E-state index in [4.69, 9.17) is 5.26 Å². The van der Waals surface area contributed by atoms with E-state index in [-0.39, 0.29) is 0 Å². The number of aliphatic hydroxyl groups is 1. The topological polar surface area (TPSA) is 44.0 Å². The van der Waals surface area contributed by atoms with Gasteiger partial charge in [0.25, 0.3) is 0 Å². The molecular formula is C12H19NO. The molecule has 0 atom stereocenters. The summed E-state index contributed by atoms with van der Waals surface area (Å²) in [6.45, 7) is 0. The van der Waals surface area contributed by atoms with Crippen LogP contribution in [0, 0.1) is 16.7 Å². The fraction of sp³-hybridized carbons (Fsp3) is 0.917. The van der Waals surface area contributed by atoms with Crippen molar-refractivity contribution in [2.24, 2.45) is 5.41 Å². The van der Waals surface area contributed by atoms with E-state index in [2.05, 4.69) is 6.07 Å². The largest absolute Gasteiger partial charge is 0.375 e. The molecule has 1 N–H and O–H groups in total. The fourth-order valence-corrected chi connectivity index (χ4v) is 3.11. The monoisotopic (exact) mass is 193 g/mol. The van der Waals surface area contributed by atoms with Crippen molar-refractivity contribution in [2.45, 2.75) is 63.4 Å². The van der Waals surface area contributed by atoms with Gasteiger partial charge in [0.05, 0.1) is 6.07 Å². The molecule has 0 heterocycles. The Labute approximate surface area is 85.9 Å². The normalized spacial score (nSPS) is 29.7. The SMILES string of the molecule is N#CC1(O)CCC2(CCCCC2)CC1. The van der Waals surface area contributed by atoms with E-state index in [0.29, 0.717) is 18.3 Å². The lowest BCUT2D eigenvalue weighted by atomic mass is 9.62. The van der Waals surface area contributed by atoms with Gasteiger partial charge in [0.2, 0.25) is 0 Å². The maximum Gasteiger partial charge on any atom is 0.151 e. The van der Waals surface area contributed by atoms with Crippen molar-refractivity contribution >= 4 is 0 Å². The van der Waals surface area contributed by atoms with Crippen LogP contribution in [-0.2, 0) is 0 Å². The molecule has 0 saturated heterocycles. The number of hydrogen-bond donors (Lipinski definition) is 1. The molecule has 0 radical (unpaired) electrons. The number of nitriles is 1. The van der Waals surface area contributed by atoms with E-state index >= 15 is 0 Å². The first-order valence-electron chi connectivity index (χ1n) is 5.82. The molecule has 0 amide bonds. The molecule has 0 aromatic heterocycles. The van der Waals surface area contributed by atoms with Gasteiger partial charge < -0.3 is 5.11 Å². The van der Waals surface area contributed by atoms with Crippen LogP contribution in [0.3, 0.4) is 0 Å². The van der Waals surface area contributed by atoms with Gasteiger partial charge in [0.1, 0.15) is 0 Å². The standard InChI is InChI=1S/C12H19NO/c13-10-12(14)8-6-11(7-9-12)4-2-1-3-5-11/h14H,1-9H2. The summed E-state index contributed by atoms with van der Waals surface area (Å²) in [7, 11) is 0. The molecule has 0 bridgehead atoms. The third-order valence-corrected chi connectivity index (χ3v) is 4.26. The van der Waals surface area contributed by atoms with Crippen molar-refractivity contribution < 1.29 is 5.11 Å². The second kappa shape index (κ2) is 3.55. The number of nitrogens with zero attached hydrogens (tertiary/aromatic N) is 1. The van der Waals surface area contributed by atoms with Gasteiger partial charge in [0, 0.05) is 0 Å². The van der Waals surface area contributed by atoms with Gasteiger partial charge in [-0.05, 0) is 43.9 Å². The van der Waals surface area contributed by atoms with Crippen LogP contribution in [0.15, 0.2) is 0 Å². The van der Waals surface area contributed by atoms with E-state index in [0.717, 1.165) is 12.8 Å². The van der Waals surface area contributed by atoms with Gasteiger partial charge in [0.15, 0.2) is 5.60 Å². The first-order chi connectivity index (χ1) is 6.68. The third-order valence-electron chi connectivity index (χ3n) is 4.26. The lowest BCUT2D eigenvalue weighted by Crippen LogP contribution is -2.38. The zero-order chi connectivity index (χ0) is 10.1. The van der Waals surface area contributed by atoms with Crippen LogP contribution in [-0.4, -0.2) is 10.7 Å². The van der Waals surface area contributed by atoms with Crippen molar-refractivity contribution in [3.05, 3.63) is 0 Å². The van der Waals surface area contributed by atoms with Crippen LogP contribution >= 0.6 is 0 Å². The molecule has 0 aliphatic heterocycles. The summed E-state index contributed by atoms with van der Waals surface area (Å²) in [5.41, 5.74) is -0.496. The zero-order valence-corrected chi connectivity index (χ0v) is 8.76. The van der Waals surface area contributed by atoms with E-state index in [1.54, 1.807) is 0 Å². The van der Waals surface area contributed by atoms with Crippen molar-refractivity contribution in [3.8, 4) is 6.07 Å². The predicted molar refractivity (Wildman–Crippen MR) is 54.5 cm³/mol. The Kier molecular flexibility index (Phi) is 2.53. The summed E-state index contributed by atoms with van der Waals surface area (Å²) < 4.78 is 0. The van der Waals surface area contributed by atoms with Crippen molar-refractivity contribution in [1.29, 1.82) is 5.26 Å². The van der Waals surface area contributed by atoms with Crippen LogP contribution in [0.5, 0.6) is 0 Å². The van der Waals surface area contributed by atoms with Gasteiger partial charge in [-0.15, -0.1) is 0 Å². The van der Waals surface area contributed by atoms with Crippen molar-refractivity contribution in [2.75, 3.05) is 0 Å². The average molecular weight is 193 g/mol. The molecule has 2 rings (SSSR count). The van der Waals surface area contributed by atoms with E-state index in [1.165, 1.54) is 32.1 Å². The van der Waals surface area contributed by atoms with Gasteiger partial charge in [-0.25, -0.2) is 0 Å². The van der Waals surface area contributed by atoms with Crippen LogP contribution in [0.2, 0.25) is 0 Å². The lowest BCUT2D eigenvalue weighted by Gasteiger charge is -2.44. The minimum atomic E-state index is -0.997. The Morgan fingerprint density at radius 1 is 0.857 bits per heavy atom. The molecule has 2 fully saturated rings. The predicted octanol–water partition coefficient (Wildman–Crippen LogP) is 2.77. The molecule has 2 nitrogen and oxygen atoms in total. The minimum Gasteiger partial charge on any atom is -0.375 e. The van der Waals surface area contributed by atoms with Gasteiger partial charge >= 0.3 is 0 Å². The molecular weight excluding hydrogens is 174 g/mol. The Bertz CT molecular complexity index is 238. The molecule has 0 unspecified atom stereocenters. The molecule has 2 aliphatic rings. The van der Waals surface area contributed by atoms with Crippen LogP contribution < -0.4 is 0 Å². The Morgan fingerprint density at radius 2 is 1.43 bits per heavy atom. The molecule has 0 aromatic carbocycles. The Hall–Kier alpha value is -0.550. The Balaban J connectivity index is 1.98. The van der Waals surface area contributed by atoms with E-state index in [1.807, 2.05) is 0 Å². The van der Waals surface area contributed by atoms with E-state index < -0.39 is 5.60 Å². The number of rotatable bonds is 0. The second-order valence-electron chi connectivity index (χ2n) is 5.20. The summed E-state index contributed by atoms with van der Waals surface area (Å²) >= 11 is 0. The average Bonchev–Trinajstić information content (AvgIpc) is 2.25. The van der Waals surface area contributed by atoms with Crippen molar-refractivity contribution in [3.63, 3.8) is 0 Å². The zero-order valence-electron chi connectivity index (χ0n) is 8.76. The highest BCUT2D eigenvalue weighted by Crippen LogP contribution is 2.49. The highest BCUT2D eigenvalue weighted by Gasteiger charge is 2.42. The van der Waals surface area contributed by atoms with Gasteiger partial charge in [-0.2, -0.15) is 5.26 Å². The molecule has 2 aliphatic carbocycles. The van der Waals surface area contributed by atoms with Crippen LogP contribution in [0.25, 0.3) is 0 Å². The first-order valence-corrected chi connectivity index (χ1v) is 5.82. The molecule has 0 aromatic rings. The molecule has 14 heavy (non-hydrogen) atoms.